The van der Waals surface area contributed by atoms with Gasteiger partial charge in [0, 0.05) is 19.2 Å². The Morgan fingerprint density at radius 2 is 2.17 bits per heavy atom. The summed E-state index contributed by atoms with van der Waals surface area (Å²) in [6.45, 7) is 1.10. The number of para-hydroxylation sites is 1. The highest BCUT2D eigenvalue weighted by Crippen LogP contribution is 2.30. The van der Waals surface area contributed by atoms with E-state index in [1.165, 1.54) is 0 Å². The van der Waals surface area contributed by atoms with E-state index in [1.54, 1.807) is 12.1 Å². The van der Waals surface area contributed by atoms with Crippen molar-refractivity contribution in [1.82, 2.24) is 0 Å². The Kier molecular flexibility index (Phi) is 4.20. The Morgan fingerprint density at radius 3 is 2.89 bits per heavy atom. The number of carboxylic acid groups (broad SMARTS) is 1. The fourth-order valence-electron chi connectivity index (χ4n) is 2.68. The number of aliphatic hydroxyl groups excluding tert-OH is 1. The van der Waals surface area contributed by atoms with Gasteiger partial charge >= 0.3 is 5.97 Å². The number of aromatic carboxylic acids is 1. The number of hydrogen-bond acceptors (Lipinski definition) is 3. The molecule has 0 aliphatic carbocycles. The van der Waals surface area contributed by atoms with Crippen LogP contribution in [0.15, 0.2) is 24.3 Å². The minimum absolute atomic E-state index is 0.199. The summed E-state index contributed by atoms with van der Waals surface area (Å²) in [5.74, 6) is -0.876. The smallest absolute Gasteiger partial charge is 0.337 e. The largest absolute Gasteiger partial charge is 0.478 e. The molecule has 0 bridgehead atoms. The van der Waals surface area contributed by atoms with Gasteiger partial charge in [0.25, 0.3) is 0 Å². The summed E-state index contributed by atoms with van der Waals surface area (Å²) in [6, 6.07) is 7.52. The average molecular weight is 249 g/mol. The van der Waals surface area contributed by atoms with Crippen LogP contribution in [0.5, 0.6) is 0 Å². The zero-order chi connectivity index (χ0) is 13.0. The van der Waals surface area contributed by atoms with Gasteiger partial charge in [-0.1, -0.05) is 12.1 Å². The number of carbonyl (C=O) groups is 1. The average Bonchev–Trinajstić information content (AvgIpc) is 2.84. The van der Waals surface area contributed by atoms with Gasteiger partial charge in [-0.2, -0.15) is 0 Å². The quantitative estimate of drug-likeness (QED) is 0.839. The molecule has 0 radical (unpaired) electrons. The van der Waals surface area contributed by atoms with Crippen LogP contribution >= 0.6 is 0 Å². The zero-order valence-electron chi connectivity index (χ0n) is 10.4. The standard InChI is InChI=1S/C14H19NO3/c16-10-4-6-11-5-3-9-15(11)13-8-2-1-7-12(13)14(17)18/h1-2,7-8,11,16H,3-6,9-10H2,(H,17,18). The lowest BCUT2D eigenvalue weighted by Crippen LogP contribution is -2.30. The van der Waals surface area contributed by atoms with Crippen molar-refractivity contribution in [2.45, 2.75) is 31.7 Å². The topological polar surface area (TPSA) is 60.8 Å². The summed E-state index contributed by atoms with van der Waals surface area (Å²) < 4.78 is 0. The third-order valence-electron chi connectivity index (χ3n) is 3.52. The molecule has 98 valence electrons. The molecule has 4 heteroatoms. The third-order valence-corrected chi connectivity index (χ3v) is 3.52. The number of anilines is 1. The lowest BCUT2D eigenvalue weighted by Gasteiger charge is -2.28. The first-order chi connectivity index (χ1) is 8.74. The van der Waals surface area contributed by atoms with E-state index in [4.69, 9.17) is 5.11 Å². The first-order valence-corrected chi connectivity index (χ1v) is 6.44. The van der Waals surface area contributed by atoms with Crippen LogP contribution in [0, 0.1) is 0 Å². The molecule has 1 aromatic carbocycles. The van der Waals surface area contributed by atoms with Crippen molar-refractivity contribution in [1.29, 1.82) is 0 Å². The van der Waals surface area contributed by atoms with E-state index < -0.39 is 5.97 Å². The molecule has 18 heavy (non-hydrogen) atoms. The van der Waals surface area contributed by atoms with E-state index >= 15 is 0 Å². The first kappa shape index (κ1) is 12.9. The Balaban J connectivity index is 2.21. The van der Waals surface area contributed by atoms with Gasteiger partial charge in [-0.3, -0.25) is 0 Å². The Bertz CT molecular complexity index is 419. The van der Waals surface area contributed by atoms with Crippen molar-refractivity contribution in [3.8, 4) is 0 Å². The maximum Gasteiger partial charge on any atom is 0.337 e. The SMILES string of the molecule is O=C(O)c1ccccc1N1CCCC1CCCO. The molecule has 0 saturated carbocycles. The molecule has 1 aliphatic heterocycles. The van der Waals surface area contributed by atoms with Crippen LogP contribution in [-0.2, 0) is 0 Å². The molecule has 1 fully saturated rings. The van der Waals surface area contributed by atoms with Crippen LogP contribution < -0.4 is 4.90 Å². The van der Waals surface area contributed by atoms with E-state index in [9.17, 15) is 9.90 Å². The van der Waals surface area contributed by atoms with E-state index in [0.29, 0.717) is 11.6 Å². The minimum Gasteiger partial charge on any atom is -0.478 e. The summed E-state index contributed by atoms with van der Waals surface area (Å²) in [5, 5.41) is 18.1. The Labute approximate surface area is 107 Å². The third kappa shape index (κ3) is 2.64. The number of benzene rings is 1. The van der Waals surface area contributed by atoms with Crippen molar-refractivity contribution in [2.24, 2.45) is 0 Å². The number of hydrogen-bond donors (Lipinski definition) is 2. The molecular formula is C14H19NO3. The van der Waals surface area contributed by atoms with Gasteiger partial charge in [-0.05, 0) is 37.8 Å². The monoisotopic (exact) mass is 249 g/mol. The molecule has 0 amide bonds. The summed E-state index contributed by atoms with van der Waals surface area (Å²) in [4.78, 5) is 13.4. The van der Waals surface area contributed by atoms with Gasteiger partial charge in [0.2, 0.25) is 0 Å². The summed E-state index contributed by atoms with van der Waals surface area (Å²) in [5.41, 5.74) is 1.18. The zero-order valence-corrected chi connectivity index (χ0v) is 10.4. The van der Waals surface area contributed by atoms with Crippen LogP contribution in [-0.4, -0.2) is 35.4 Å². The highest BCUT2D eigenvalue weighted by molar-refractivity contribution is 5.94. The second-order valence-corrected chi connectivity index (χ2v) is 4.68. The summed E-state index contributed by atoms with van der Waals surface area (Å²) in [7, 11) is 0. The van der Waals surface area contributed by atoms with Crippen molar-refractivity contribution in [2.75, 3.05) is 18.1 Å². The molecule has 1 saturated heterocycles. The molecule has 4 nitrogen and oxygen atoms in total. The van der Waals surface area contributed by atoms with Crippen LogP contribution in [0.3, 0.4) is 0 Å². The Hall–Kier alpha value is -1.55. The number of carboxylic acids is 1. The Morgan fingerprint density at radius 1 is 1.39 bits per heavy atom. The van der Waals surface area contributed by atoms with Gasteiger partial charge in [0.05, 0.1) is 11.3 Å². The van der Waals surface area contributed by atoms with Gasteiger partial charge in [-0.15, -0.1) is 0 Å². The molecule has 1 aromatic rings. The number of rotatable bonds is 5. The predicted molar refractivity (Wildman–Crippen MR) is 70.1 cm³/mol. The van der Waals surface area contributed by atoms with Crippen LogP contribution in [0.25, 0.3) is 0 Å². The van der Waals surface area contributed by atoms with Crippen molar-refractivity contribution >= 4 is 11.7 Å². The van der Waals surface area contributed by atoms with E-state index in [0.717, 1.165) is 37.9 Å². The van der Waals surface area contributed by atoms with Gasteiger partial charge in [0.1, 0.15) is 0 Å². The van der Waals surface area contributed by atoms with Gasteiger partial charge in [-0.25, -0.2) is 4.79 Å². The van der Waals surface area contributed by atoms with E-state index in [2.05, 4.69) is 4.90 Å². The minimum atomic E-state index is -0.876. The maximum atomic E-state index is 11.2. The van der Waals surface area contributed by atoms with Crippen molar-refractivity contribution in [3.05, 3.63) is 29.8 Å². The second-order valence-electron chi connectivity index (χ2n) is 4.68. The van der Waals surface area contributed by atoms with Crippen LogP contribution in [0.1, 0.15) is 36.0 Å². The fraction of sp³-hybridized carbons (Fsp3) is 0.500. The summed E-state index contributed by atoms with van der Waals surface area (Å²) >= 11 is 0. The molecule has 1 aliphatic rings. The van der Waals surface area contributed by atoms with Crippen molar-refractivity contribution < 1.29 is 15.0 Å². The van der Waals surface area contributed by atoms with E-state index in [-0.39, 0.29) is 6.61 Å². The maximum absolute atomic E-state index is 11.2. The molecule has 0 aromatic heterocycles. The first-order valence-electron chi connectivity index (χ1n) is 6.44. The normalized spacial score (nSPS) is 19.2. The summed E-state index contributed by atoms with van der Waals surface area (Å²) in [6.07, 6.45) is 3.86. The molecule has 1 heterocycles. The molecule has 1 unspecified atom stereocenters. The molecule has 2 rings (SSSR count). The van der Waals surface area contributed by atoms with Gasteiger partial charge in [0.15, 0.2) is 0 Å². The molecule has 1 atom stereocenters. The van der Waals surface area contributed by atoms with Crippen LogP contribution in [0.2, 0.25) is 0 Å². The highest BCUT2D eigenvalue weighted by Gasteiger charge is 2.26. The van der Waals surface area contributed by atoms with Crippen LogP contribution in [0.4, 0.5) is 5.69 Å². The molecule has 0 spiro atoms. The van der Waals surface area contributed by atoms with Crippen molar-refractivity contribution in [3.63, 3.8) is 0 Å². The number of nitrogens with zero attached hydrogens (tertiary/aromatic N) is 1. The lowest BCUT2D eigenvalue weighted by molar-refractivity contribution is 0.0697. The van der Waals surface area contributed by atoms with Gasteiger partial charge < -0.3 is 15.1 Å². The van der Waals surface area contributed by atoms with E-state index in [1.807, 2.05) is 12.1 Å². The predicted octanol–water partition coefficient (Wildman–Crippen LogP) is 2.13. The lowest BCUT2D eigenvalue weighted by atomic mass is 10.1. The number of aliphatic hydroxyl groups is 1. The molecule has 2 N–H and O–H groups in total. The second kappa shape index (κ2) is 5.87. The fourth-order valence-corrected chi connectivity index (χ4v) is 2.68. The molecular weight excluding hydrogens is 230 g/mol. The highest BCUT2D eigenvalue weighted by atomic mass is 16.4.